The minimum Gasteiger partial charge on any atom is -0.409 e. The molecule has 0 aromatic rings. The van der Waals surface area contributed by atoms with Gasteiger partial charge in [-0.15, -0.1) is 0 Å². The van der Waals surface area contributed by atoms with E-state index in [2.05, 4.69) is 5.16 Å². The molecular weight excluding hydrogens is 192 g/mol. The fraction of sp³-hybridized carbons (Fsp3) is 0.875. The molecule has 0 amide bonds. The van der Waals surface area contributed by atoms with E-state index in [1.165, 1.54) is 0 Å². The average molecular weight is 209 g/mol. The maximum absolute atomic E-state index is 12.1. The van der Waals surface area contributed by atoms with E-state index in [9.17, 15) is 8.78 Å². The van der Waals surface area contributed by atoms with Crippen molar-refractivity contribution in [2.75, 3.05) is 19.6 Å². The third kappa shape index (κ3) is 4.96. The molecule has 0 spiro atoms. The number of hydrogen-bond donors (Lipinski definition) is 2. The molecule has 0 rings (SSSR count). The van der Waals surface area contributed by atoms with Crippen LogP contribution < -0.4 is 5.73 Å². The van der Waals surface area contributed by atoms with Crippen LogP contribution in [0.15, 0.2) is 5.16 Å². The highest BCUT2D eigenvalue weighted by atomic mass is 19.3. The van der Waals surface area contributed by atoms with Crippen LogP contribution in [-0.2, 0) is 0 Å². The number of amidine groups is 1. The van der Waals surface area contributed by atoms with E-state index in [1.54, 1.807) is 18.7 Å². The molecule has 1 atom stereocenters. The van der Waals surface area contributed by atoms with Crippen molar-refractivity contribution in [3.8, 4) is 0 Å². The molecule has 3 N–H and O–H groups in total. The average Bonchev–Trinajstić information content (AvgIpc) is 2.14. The van der Waals surface area contributed by atoms with Gasteiger partial charge in [0.05, 0.1) is 6.54 Å². The number of oxime groups is 1. The summed E-state index contributed by atoms with van der Waals surface area (Å²) in [5.74, 6) is -0.156. The van der Waals surface area contributed by atoms with E-state index < -0.39 is 6.43 Å². The topological polar surface area (TPSA) is 61.8 Å². The number of nitrogens with zero attached hydrogens (tertiary/aromatic N) is 2. The van der Waals surface area contributed by atoms with Gasteiger partial charge in [-0.3, -0.25) is 4.90 Å². The van der Waals surface area contributed by atoms with Crippen LogP contribution in [0.2, 0.25) is 0 Å². The summed E-state index contributed by atoms with van der Waals surface area (Å²) in [5.41, 5.74) is 5.34. The Hall–Kier alpha value is -0.910. The van der Waals surface area contributed by atoms with E-state index >= 15 is 0 Å². The monoisotopic (exact) mass is 209 g/mol. The Balaban J connectivity index is 4.04. The molecule has 0 heterocycles. The van der Waals surface area contributed by atoms with Gasteiger partial charge in [-0.1, -0.05) is 19.0 Å². The standard InChI is InChI=1S/C8H17F2N3O/c1-3-13(5-7(9)10)4-6(2)8(11)12-14/h6-7,14H,3-5H2,1-2H3,(H2,11,12). The summed E-state index contributed by atoms with van der Waals surface area (Å²) in [4.78, 5) is 1.56. The molecule has 14 heavy (non-hydrogen) atoms. The van der Waals surface area contributed by atoms with Crippen molar-refractivity contribution in [2.45, 2.75) is 20.3 Å². The molecule has 4 nitrogen and oxygen atoms in total. The Morgan fingerprint density at radius 1 is 1.50 bits per heavy atom. The Morgan fingerprint density at radius 2 is 2.07 bits per heavy atom. The van der Waals surface area contributed by atoms with Crippen LogP contribution in [0.5, 0.6) is 0 Å². The van der Waals surface area contributed by atoms with Gasteiger partial charge in [-0.25, -0.2) is 8.78 Å². The quantitative estimate of drug-likeness (QED) is 0.296. The van der Waals surface area contributed by atoms with Gasteiger partial charge in [0, 0.05) is 12.5 Å². The highest BCUT2D eigenvalue weighted by molar-refractivity contribution is 5.82. The lowest BCUT2D eigenvalue weighted by molar-refractivity contribution is 0.0876. The third-order valence-electron chi connectivity index (χ3n) is 2.00. The van der Waals surface area contributed by atoms with Crippen molar-refractivity contribution in [1.82, 2.24) is 4.90 Å². The van der Waals surface area contributed by atoms with Gasteiger partial charge in [0.15, 0.2) is 0 Å². The van der Waals surface area contributed by atoms with Crippen LogP contribution >= 0.6 is 0 Å². The first-order valence-electron chi connectivity index (χ1n) is 4.49. The summed E-state index contributed by atoms with van der Waals surface area (Å²) in [6.45, 7) is 4.13. The molecule has 0 fully saturated rings. The predicted molar refractivity (Wildman–Crippen MR) is 50.7 cm³/mol. The second-order valence-electron chi connectivity index (χ2n) is 3.17. The Morgan fingerprint density at radius 3 is 2.43 bits per heavy atom. The molecule has 1 unspecified atom stereocenters. The summed E-state index contributed by atoms with van der Waals surface area (Å²) in [6.07, 6.45) is -2.35. The molecule has 84 valence electrons. The van der Waals surface area contributed by atoms with Gasteiger partial charge in [0.1, 0.15) is 5.84 Å². The summed E-state index contributed by atoms with van der Waals surface area (Å²) >= 11 is 0. The van der Waals surface area contributed by atoms with E-state index in [0.717, 1.165) is 0 Å². The number of hydrogen-bond acceptors (Lipinski definition) is 3. The largest absolute Gasteiger partial charge is 0.409 e. The molecule has 0 aromatic heterocycles. The molecule has 0 saturated heterocycles. The van der Waals surface area contributed by atoms with Crippen LogP contribution in [-0.4, -0.2) is 42.0 Å². The molecule has 0 aromatic carbocycles. The lowest BCUT2D eigenvalue weighted by Crippen LogP contribution is -2.37. The minimum atomic E-state index is -2.35. The lowest BCUT2D eigenvalue weighted by atomic mass is 10.1. The Kier molecular flexibility index (Phi) is 6.11. The molecule has 0 aliphatic carbocycles. The zero-order valence-electron chi connectivity index (χ0n) is 8.45. The van der Waals surface area contributed by atoms with Gasteiger partial charge in [0.25, 0.3) is 6.43 Å². The van der Waals surface area contributed by atoms with Crippen LogP contribution in [0, 0.1) is 5.92 Å². The summed E-state index contributed by atoms with van der Waals surface area (Å²) in [5, 5.41) is 11.2. The van der Waals surface area contributed by atoms with Crippen molar-refractivity contribution in [3.05, 3.63) is 0 Å². The first-order chi connectivity index (χ1) is 6.51. The Labute approximate surface area is 82.4 Å². The molecule has 0 bridgehead atoms. The summed E-state index contributed by atoms with van der Waals surface area (Å²) in [6, 6.07) is 0. The molecular formula is C8H17F2N3O. The fourth-order valence-electron chi connectivity index (χ4n) is 1.11. The van der Waals surface area contributed by atoms with Gasteiger partial charge in [-0.05, 0) is 6.54 Å². The van der Waals surface area contributed by atoms with Crippen molar-refractivity contribution < 1.29 is 14.0 Å². The van der Waals surface area contributed by atoms with Crippen molar-refractivity contribution in [2.24, 2.45) is 16.8 Å². The zero-order valence-corrected chi connectivity index (χ0v) is 8.45. The minimum absolute atomic E-state index is 0.0673. The maximum Gasteiger partial charge on any atom is 0.251 e. The second-order valence-corrected chi connectivity index (χ2v) is 3.17. The molecule has 0 aliphatic rings. The SMILES string of the molecule is CCN(CC(F)F)CC(C)C(N)=NO. The number of nitrogens with two attached hydrogens (primary N) is 1. The predicted octanol–water partition coefficient (Wildman–Crippen LogP) is 0.956. The first-order valence-corrected chi connectivity index (χ1v) is 4.49. The highest BCUT2D eigenvalue weighted by Gasteiger charge is 2.15. The molecule has 0 radical (unpaired) electrons. The van der Waals surface area contributed by atoms with E-state index in [4.69, 9.17) is 10.9 Å². The van der Waals surface area contributed by atoms with Crippen LogP contribution in [0.25, 0.3) is 0 Å². The zero-order chi connectivity index (χ0) is 11.1. The summed E-state index contributed by atoms with van der Waals surface area (Å²) < 4.78 is 24.1. The van der Waals surface area contributed by atoms with Gasteiger partial charge in [-0.2, -0.15) is 0 Å². The normalized spacial score (nSPS) is 15.1. The molecule has 0 aliphatic heterocycles. The van der Waals surface area contributed by atoms with Crippen LogP contribution in [0.1, 0.15) is 13.8 Å². The van der Waals surface area contributed by atoms with E-state index in [-0.39, 0.29) is 18.3 Å². The van der Waals surface area contributed by atoms with Crippen LogP contribution in [0.3, 0.4) is 0 Å². The molecule has 6 heteroatoms. The van der Waals surface area contributed by atoms with E-state index in [1.807, 2.05) is 0 Å². The number of rotatable bonds is 6. The van der Waals surface area contributed by atoms with Crippen LogP contribution in [0.4, 0.5) is 8.78 Å². The van der Waals surface area contributed by atoms with Crippen molar-refractivity contribution in [1.29, 1.82) is 0 Å². The molecule has 0 saturated carbocycles. The van der Waals surface area contributed by atoms with Crippen molar-refractivity contribution >= 4 is 5.84 Å². The van der Waals surface area contributed by atoms with Gasteiger partial charge in [0.2, 0.25) is 0 Å². The smallest absolute Gasteiger partial charge is 0.251 e. The van der Waals surface area contributed by atoms with E-state index in [0.29, 0.717) is 13.1 Å². The second kappa shape index (κ2) is 6.53. The van der Waals surface area contributed by atoms with Gasteiger partial charge < -0.3 is 10.9 Å². The van der Waals surface area contributed by atoms with Gasteiger partial charge >= 0.3 is 0 Å². The number of alkyl halides is 2. The fourth-order valence-corrected chi connectivity index (χ4v) is 1.11. The Bertz CT molecular complexity index is 187. The highest BCUT2D eigenvalue weighted by Crippen LogP contribution is 2.03. The number of halogens is 2. The maximum atomic E-state index is 12.1. The first kappa shape index (κ1) is 13.1. The summed E-state index contributed by atoms with van der Waals surface area (Å²) in [7, 11) is 0. The van der Waals surface area contributed by atoms with Crippen molar-refractivity contribution in [3.63, 3.8) is 0 Å². The lowest BCUT2D eigenvalue weighted by Gasteiger charge is -2.22. The third-order valence-corrected chi connectivity index (χ3v) is 2.00.